The minimum absolute atomic E-state index is 0.290. The number of nitrogens with one attached hydrogen (secondary N) is 1. The monoisotopic (exact) mass is 260 g/mol. The van der Waals surface area contributed by atoms with E-state index in [0.29, 0.717) is 11.4 Å². The normalized spacial score (nSPS) is 13.5. The summed E-state index contributed by atoms with van der Waals surface area (Å²) in [5, 5.41) is 6.93. The van der Waals surface area contributed by atoms with E-state index in [0.717, 1.165) is 18.9 Å². The third-order valence-corrected chi connectivity index (χ3v) is 3.13. The maximum absolute atomic E-state index is 12.8. The summed E-state index contributed by atoms with van der Waals surface area (Å²) in [6.07, 6.45) is 0. The Balaban J connectivity index is 1.77. The SMILES string of the molecule is CN1CCn2nc(C(=O)Nc3ccc(F)cc3)cc21. The molecule has 0 atom stereocenters. The highest BCUT2D eigenvalue weighted by Crippen LogP contribution is 2.21. The molecule has 1 N–H and O–H groups in total. The quantitative estimate of drug-likeness (QED) is 0.894. The van der Waals surface area contributed by atoms with E-state index in [1.54, 1.807) is 10.7 Å². The first-order valence-electron chi connectivity index (χ1n) is 5.99. The predicted molar refractivity (Wildman–Crippen MR) is 69.9 cm³/mol. The lowest BCUT2D eigenvalue weighted by molar-refractivity contribution is 0.102. The van der Waals surface area contributed by atoms with Gasteiger partial charge in [0.1, 0.15) is 11.6 Å². The van der Waals surface area contributed by atoms with Crippen molar-refractivity contribution in [3.8, 4) is 0 Å². The average molecular weight is 260 g/mol. The number of aromatic nitrogens is 2. The Labute approximate surface area is 109 Å². The van der Waals surface area contributed by atoms with E-state index in [2.05, 4.69) is 10.4 Å². The van der Waals surface area contributed by atoms with Crippen LogP contribution in [0, 0.1) is 5.82 Å². The van der Waals surface area contributed by atoms with Crippen LogP contribution in [0.2, 0.25) is 0 Å². The van der Waals surface area contributed by atoms with Crippen LogP contribution < -0.4 is 10.2 Å². The van der Waals surface area contributed by atoms with Crippen LogP contribution in [-0.4, -0.2) is 29.3 Å². The Hall–Kier alpha value is -2.37. The molecule has 98 valence electrons. The summed E-state index contributed by atoms with van der Waals surface area (Å²) in [4.78, 5) is 14.1. The maximum atomic E-state index is 12.8. The number of hydrogen-bond donors (Lipinski definition) is 1. The average Bonchev–Trinajstić information content (AvgIpc) is 2.95. The number of carbonyl (C=O) groups excluding carboxylic acids is 1. The standard InChI is InChI=1S/C13H13FN4O/c1-17-6-7-18-12(17)8-11(16-18)13(19)15-10-4-2-9(14)3-5-10/h2-5,8H,6-7H2,1H3,(H,15,19). The highest BCUT2D eigenvalue weighted by atomic mass is 19.1. The third kappa shape index (κ3) is 2.16. The molecule has 1 amide bonds. The molecule has 1 aromatic heterocycles. The van der Waals surface area contributed by atoms with Crippen LogP contribution in [0.15, 0.2) is 30.3 Å². The molecule has 0 bridgehead atoms. The lowest BCUT2D eigenvalue weighted by Gasteiger charge is -2.06. The first-order valence-corrected chi connectivity index (χ1v) is 5.99. The smallest absolute Gasteiger partial charge is 0.276 e. The number of anilines is 2. The zero-order valence-electron chi connectivity index (χ0n) is 10.4. The summed E-state index contributed by atoms with van der Waals surface area (Å²) < 4.78 is 14.6. The molecule has 0 radical (unpaired) electrons. The molecule has 0 unspecified atom stereocenters. The second-order valence-corrected chi connectivity index (χ2v) is 4.49. The molecule has 0 saturated carbocycles. The van der Waals surface area contributed by atoms with Crippen LogP contribution in [-0.2, 0) is 6.54 Å². The molecule has 0 saturated heterocycles. The molecule has 2 heterocycles. The van der Waals surface area contributed by atoms with Gasteiger partial charge in [0, 0.05) is 25.3 Å². The van der Waals surface area contributed by atoms with Gasteiger partial charge < -0.3 is 10.2 Å². The molecule has 2 aromatic rings. The van der Waals surface area contributed by atoms with Gasteiger partial charge in [0.2, 0.25) is 0 Å². The Bertz CT molecular complexity index is 620. The summed E-state index contributed by atoms with van der Waals surface area (Å²) >= 11 is 0. The van der Waals surface area contributed by atoms with Gasteiger partial charge in [-0.15, -0.1) is 0 Å². The van der Waals surface area contributed by atoms with Crippen LogP contribution in [0.25, 0.3) is 0 Å². The molecule has 1 aliphatic heterocycles. The number of benzene rings is 1. The summed E-state index contributed by atoms with van der Waals surface area (Å²) in [5.74, 6) is 0.312. The Morgan fingerprint density at radius 2 is 2.05 bits per heavy atom. The molecular formula is C13H13FN4O. The Morgan fingerprint density at radius 1 is 1.32 bits per heavy atom. The van der Waals surface area contributed by atoms with Crippen LogP contribution >= 0.6 is 0 Å². The van der Waals surface area contributed by atoms with Gasteiger partial charge in [-0.2, -0.15) is 5.10 Å². The Morgan fingerprint density at radius 3 is 2.74 bits per heavy atom. The molecule has 6 heteroatoms. The molecule has 0 aliphatic carbocycles. The third-order valence-electron chi connectivity index (χ3n) is 3.13. The first-order chi connectivity index (χ1) is 9.13. The van der Waals surface area contributed by atoms with E-state index in [-0.39, 0.29) is 11.7 Å². The number of halogens is 1. The van der Waals surface area contributed by atoms with Crippen molar-refractivity contribution < 1.29 is 9.18 Å². The molecule has 5 nitrogen and oxygen atoms in total. The van der Waals surface area contributed by atoms with Crippen molar-refractivity contribution >= 4 is 17.4 Å². The van der Waals surface area contributed by atoms with Crippen LogP contribution in [0.5, 0.6) is 0 Å². The fourth-order valence-corrected chi connectivity index (χ4v) is 2.08. The van der Waals surface area contributed by atoms with E-state index in [9.17, 15) is 9.18 Å². The number of hydrogen-bond acceptors (Lipinski definition) is 3. The molecule has 0 spiro atoms. The minimum atomic E-state index is -0.333. The van der Waals surface area contributed by atoms with Crippen molar-refractivity contribution in [2.75, 3.05) is 23.8 Å². The largest absolute Gasteiger partial charge is 0.358 e. The second-order valence-electron chi connectivity index (χ2n) is 4.49. The summed E-state index contributed by atoms with van der Waals surface area (Å²) in [6, 6.07) is 7.39. The first kappa shape index (κ1) is 11.7. The van der Waals surface area contributed by atoms with Crippen LogP contribution in [0.1, 0.15) is 10.5 Å². The number of likely N-dealkylation sites (N-methyl/N-ethyl adjacent to an activating group) is 1. The van der Waals surface area contributed by atoms with Crippen molar-refractivity contribution in [3.63, 3.8) is 0 Å². The fraction of sp³-hybridized carbons (Fsp3) is 0.231. The van der Waals surface area contributed by atoms with Gasteiger partial charge in [-0.1, -0.05) is 0 Å². The van der Waals surface area contributed by atoms with Gasteiger partial charge in [-0.05, 0) is 24.3 Å². The summed E-state index contributed by atoms with van der Waals surface area (Å²) in [5.41, 5.74) is 0.916. The number of carbonyl (C=O) groups is 1. The van der Waals surface area contributed by atoms with Crippen molar-refractivity contribution in [2.45, 2.75) is 6.54 Å². The van der Waals surface area contributed by atoms with Crippen molar-refractivity contribution in [1.82, 2.24) is 9.78 Å². The number of amides is 1. The lowest BCUT2D eigenvalue weighted by atomic mass is 10.3. The van der Waals surface area contributed by atoms with Crippen molar-refractivity contribution in [3.05, 3.63) is 41.8 Å². The molecule has 1 aliphatic rings. The topological polar surface area (TPSA) is 50.2 Å². The van der Waals surface area contributed by atoms with Gasteiger partial charge in [0.25, 0.3) is 5.91 Å². The Kier molecular flexibility index (Phi) is 2.70. The predicted octanol–water partition coefficient (Wildman–Crippen LogP) is 1.72. The number of nitrogens with zero attached hydrogens (tertiary/aromatic N) is 3. The highest BCUT2D eigenvalue weighted by molar-refractivity contribution is 6.03. The van der Waals surface area contributed by atoms with Gasteiger partial charge in [-0.25, -0.2) is 9.07 Å². The van der Waals surface area contributed by atoms with E-state index < -0.39 is 0 Å². The van der Waals surface area contributed by atoms with E-state index in [1.165, 1.54) is 24.3 Å². The lowest BCUT2D eigenvalue weighted by Crippen LogP contribution is -2.15. The van der Waals surface area contributed by atoms with Crippen molar-refractivity contribution in [1.29, 1.82) is 0 Å². The van der Waals surface area contributed by atoms with Gasteiger partial charge in [-0.3, -0.25) is 4.79 Å². The zero-order chi connectivity index (χ0) is 13.4. The second kappa shape index (κ2) is 4.38. The molecular weight excluding hydrogens is 247 g/mol. The fourth-order valence-electron chi connectivity index (χ4n) is 2.08. The van der Waals surface area contributed by atoms with Crippen molar-refractivity contribution in [2.24, 2.45) is 0 Å². The molecule has 1 aromatic carbocycles. The summed E-state index contributed by atoms with van der Waals surface area (Å²) in [6.45, 7) is 1.69. The van der Waals surface area contributed by atoms with Gasteiger partial charge in [0.15, 0.2) is 5.69 Å². The number of rotatable bonds is 2. The summed E-state index contributed by atoms with van der Waals surface area (Å²) in [7, 11) is 1.96. The van der Waals surface area contributed by atoms with Gasteiger partial charge >= 0.3 is 0 Å². The molecule has 19 heavy (non-hydrogen) atoms. The van der Waals surface area contributed by atoms with E-state index in [1.807, 2.05) is 11.9 Å². The number of fused-ring (bicyclic) bond motifs is 1. The molecule has 0 fully saturated rings. The van der Waals surface area contributed by atoms with Gasteiger partial charge in [0.05, 0.1) is 6.54 Å². The maximum Gasteiger partial charge on any atom is 0.276 e. The van der Waals surface area contributed by atoms with E-state index >= 15 is 0 Å². The molecule has 3 rings (SSSR count). The van der Waals surface area contributed by atoms with Crippen LogP contribution in [0.4, 0.5) is 15.9 Å². The minimum Gasteiger partial charge on any atom is -0.358 e. The van der Waals surface area contributed by atoms with Crippen LogP contribution in [0.3, 0.4) is 0 Å². The van der Waals surface area contributed by atoms with E-state index in [4.69, 9.17) is 0 Å². The zero-order valence-corrected chi connectivity index (χ0v) is 10.4. The highest BCUT2D eigenvalue weighted by Gasteiger charge is 2.21.